The van der Waals surface area contributed by atoms with Gasteiger partial charge in [0.2, 0.25) is 11.8 Å². The number of aromatic nitrogens is 2. The standard InChI is InChI=1S/C26H25N5O2/c1-16(32)31-15-20(11-19-14-29-25-24(19)23(31)9-10-28-25)26(33)30-21(13-27)12-18-7-4-6-17-5-2-3-8-22(17)18/h2-11,14,21H,12-13,15,27H2,1H3,(H,28,29)(H,30,33)/t21-/m0/s1. The molecule has 0 unspecified atom stereocenters. The number of amides is 2. The fraction of sp³-hybridized carbons (Fsp3) is 0.192. The first-order valence-corrected chi connectivity index (χ1v) is 11.0. The number of aromatic amines is 1. The molecule has 0 bridgehead atoms. The summed E-state index contributed by atoms with van der Waals surface area (Å²) in [6, 6.07) is 15.9. The number of nitrogens with one attached hydrogen (secondary N) is 2. The van der Waals surface area contributed by atoms with Gasteiger partial charge in [0.25, 0.3) is 0 Å². The van der Waals surface area contributed by atoms with Gasteiger partial charge in [-0.15, -0.1) is 0 Å². The molecule has 33 heavy (non-hydrogen) atoms. The molecule has 2 aromatic carbocycles. The van der Waals surface area contributed by atoms with Crippen molar-refractivity contribution in [1.29, 1.82) is 0 Å². The Bertz CT molecular complexity index is 1400. The van der Waals surface area contributed by atoms with E-state index in [2.05, 4.69) is 39.6 Å². The molecule has 1 atom stereocenters. The number of benzene rings is 2. The number of nitrogens with zero attached hydrogens (tertiary/aromatic N) is 2. The summed E-state index contributed by atoms with van der Waals surface area (Å²) in [5.74, 6) is -0.367. The van der Waals surface area contributed by atoms with E-state index in [0.717, 1.165) is 33.0 Å². The number of hydrogen-bond donors (Lipinski definition) is 3. The van der Waals surface area contributed by atoms with Crippen LogP contribution in [0.5, 0.6) is 0 Å². The predicted octanol–water partition coefficient (Wildman–Crippen LogP) is 3.15. The maximum Gasteiger partial charge on any atom is 0.249 e. The number of hydrogen-bond acceptors (Lipinski definition) is 4. The van der Waals surface area contributed by atoms with Crippen molar-refractivity contribution in [2.45, 2.75) is 19.4 Å². The van der Waals surface area contributed by atoms with Crippen molar-refractivity contribution in [2.75, 3.05) is 18.0 Å². The zero-order valence-electron chi connectivity index (χ0n) is 18.3. The molecule has 1 aliphatic heterocycles. The molecule has 7 nitrogen and oxygen atoms in total. The average molecular weight is 440 g/mol. The van der Waals surface area contributed by atoms with Crippen LogP contribution < -0.4 is 16.0 Å². The first kappa shape index (κ1) is 20.9. The Balaban J connectivity index is 1.43. The number of carbonyl (C=O) groups is 2. The zero-order valence-corrected chi connectivity index (χ0v) is 18.3. The van der Waals surface area contributed by atoms with E-state index in [1.807, 2.05) is 30.5 Å². The number of carbonyl (C=O) groups excluding carboxylic acids is 2. The molecule has 0 saturated heterocycles. The van der Waals surface area contributed by atoms with Crippen LogP contribution in [0, 0.1) is 0 Å². The summed E-state index contributed by atoms with van der Waals surface area (Å²) in [5.41, 5.74) is 9.95. The van der Waals surface area contributed by atoms with Crippen LogP contribution in [0.4, 0.5) is 5.69 Å². The van der Waals surface area contributed by atoms with Crippen LogP contribution in [-0.2, 0) is 16.0 Å². The third-order valence-corrected chi connectivity index (χ3v) is 6.17. The molecule has 2 aromatic heterocycles. The third kappa shape index (κ3) is 3.87. The minimum atomic E-state index is -0.242. The molecular weight excluding hydrogens is 414 g/mol. The second-order valence-corrected chi connectivity index (χ2v) is 8.32. The highest BCUT2D eigenvalue weighted by Crippen LogP contribution is 2.33. The maximum atomic E-state index is 13.3. The van der Waals surface area contributed by atoms with Gasteiger partial charge in [-0.1, -0.05) is 42.5 Å². The maximum absolute atomic E-state index is 13.3. The Morgan fingerprint density at radius 3 is 2.82 bits per heavy atom. The van der Waals surface area contributed by atoms with E-state index in [0.29, 0.717) is 24.2 Å². The van der Waals surface area contributed by atoms with E-state index >= 15 is 0 Å². The minimum Gasteiger partial charge on any atom is -0.348 e. The van der Waals surface area contributed by atoms with Crippen LogP contribution in [0.25, 0.3) is 27.9 Å². The Morgan fingerprint density at radius 2 is 2.00 bits per heavy atom. The smallest absolute Gasteiger partial charge is 0.249 e. The van der Waals surface area contributed by atoms with E-state index in [-0.39, 0.29) is 24.4 Å². The molecule has 166 valence electrons. The van der Waals surface area contributed by atoms with Gasteiger partial charge in [-0.3, -0.25) is 9.59 Å². The second kappa shape index (κ2) is 8.52. The number of pyridine rings is 1. The van der Waals surface area contributed by atoms with E-state index in [4.69, 9.17) is 5.73 Å². The van der Waals surface area contributed by atoms with E-state index in [1.54, 1.807) is 17.2 Å². The molecule has 3 heterocycles. The molecule has 4 aromatic rings. The van der Waals surface area contributed by atoms with Crippen molar-refractivity contribution in [1.82, 2.24) is 15.3 Å². The lowest BCUT2D eigenvalue weighted by atomic mass is 9.98. The van der Waals surface area contributed by atoms with Crippen molar-refractivity contribution in [3.05, 3.63) is 77.6 Å². The quantitative estimate of drug-likeness (QED) is 0.444. The second-order valence-electron chi connectivity index (χ2n) is 8.32. The lowest BCUT2D eigenvalue weighted by Crippen LogP contribution is -2.44. The minimum absolute atomic E-state index is 0.138. The van der Waals surface area contributed by atoms with E-state index in [9.17, 15) is 9.59 Å². The van der Waals surface area contributed by atoms with Crippen LogP contribution >= 0.6 is 0 Å². The Hall–Kier alpha value is -3.97. The van der Waals surface area contributed by atoms with Crippen LogP contribution in [0.2, 0.25) is 0 Å². The van der Waals surface area contributed by atoms with Gasteiger partial charge in [-0.05, 0) is 34.9 Å². The molecule has 0 saturated carbocycles. The van der Waals surface area contributed by atoms with E-state index < -0.39 is 0 Å². The molecular formula is C26H25N5O2. The molecule has 4 N–H and O–H groups in total. The summed E-state index contributed by atoms with van der Waals surface area (Å²) >= 11 is 0. The molecule has 2 amide bonds. The monoisotopic (exact) mass is 439 g/mol. The number of H-pyrrole nitrogens is 1. The largest absolute Gasteiger partial charge is 0.348 e. The van der Waals surface area contributed by atoms with Gasteiger partial charge in [0, 0.05) is 48.4 Å². The van der Waals surface area contributed by atoms with Crippen LogP contribution in [0.15, 0.2) is 66.5 Å². The average Bonchev–Trinajstić information content (AvgIpc) is 3.15. The highest BCUT2D eigenvalue weighted by molar-refractivity contribution is 6.10. The number of rotatable bonds is 5. The lowest BCUT2D eigenvalue weighted by molar-refractivity contribution is -0.118. The summed E-state index contributed by atoms with van der Waals surface area (Å²) in [4.78, 5) is 34.9. The summed E-state index contributed by atoms with van der Waals surface area (Å²) in [6.45, 7) is 1.99. The van der Waals surface area contributed by atoms with Gasteiger partial charge in [-0.25, -0.2) is 4.98 Å². The molecule has 0 aliphatic carbocycles. The Morgan fingerprint density at radius 1 is 1.18 bits per heavy atom. The molecule has 0 fully saturated rings. The van der Waals surface area contributed by atoms with Gasteiger partial charge in [-0.2, -0.15) is 0 Å². The van der Waals surface area contributed by atoms with Crippen molar-refractivity contribution in [3.63, 3.8) is 0 Å². The first-order valence-electron chi connectivity index (χ1n) is 11.0. The Labute approximate surface area is 191 Å². The number of fused-ring (bicyclic) bond motifs is 1. The topological polar surface area (TPSA) is 104 Å². The summed E-state index contributed by atoms with van der Waals surface area (Å²) in [5, 5.41) is 6.24. The zero-order chi connectivity index (χ0) is 22.9. The lowest BCUT2D eigenvalue weighted by Gasteiger charge is -2.23. The van der Waals surface area contributed by atoms with Crippen molar-refractivity contribution < 1.29 is 9.59 Å². The van der Waals surface area contributed by atoms with Gasteiger partial charge < -0.3 is 20.9 Å². The number of anilines is 1. The van der Waals surface area contributed by atoms with Gasteiger partial charge >= 0.3 is 0 Å². The highest BCUT2D eigenvalue weighted by Gasteiger charge is 2.26. The molecule has 5 rings (SSSR count). The predicted molar refractivity (Wildman–Crippen MR) is 131 cm³/mol. The van der Waals surface area contributed by atoms with E-state index in [1.165, 1.54) is 6.92 Å². The summed E-state index contributed by atoms with van der Waals surface area (Å²) in [6.07, 6.45) is 5.92. The van der Waals surface area contributed by atoms with Gasteiger partial charge in [0.15, 0.2) is 0 Å². The van der Waals surface area contributed by atoms with Crippen molar-refractivity contribution >= 4 is 45.4 Å². The molecule has 0 spiro atoms. The fourth-order valence-corrected chi connectivity index (χ4v) is 4.52. The fourth-order valence-electron chi connectivity index (χ4n) is 4.52. The van der Waals surface area contributed by atoms with Crippen LogP contribution in [-0.4, -0.2) is 40.9 Å². The highest BCUT2D eigenvalue weighted by atomic mass is 16.2. The van der Waals surface area contributed by atoms with Gasteiger partial charge in [0.05, 0.1) is 12.2 Å². The summed E-state index contributed by atoms with van der Waals surface area (Å²) in [7, 11) is 0. The van der Waals surface area contributed by atoms with Crippen molar-refractivity contribution in [3.8, 4) is 0 Å². The molecule has 0 radical (unpaired) electrons. The molecule has 1 aliphatic rings. The first-order chi connectivity index (χ1) is 16.0. The Kier molecular flexibility index (Phi) is 5.40. The SMILES string of the molecule is CC(=O)N1CC(C(=O)N[C@H](CN)Cc2cccc3ccccc23)=Cc2c[nH]c3nccc1c23. The molecule has 7 heteroatoms. The van der Waals surface area contributed by atoms with Crippen molar-refractivity contribution in [2.24, 2.45) is 5.73 Å². The third-order valence-electron chi connectivity index (χ3n) is 6.17. The number of nitrogens with two attached hydrogens (primary N) is 1. The van der Waals surface area contributed by atoms with Crippen LogP contribution in [0.3, 0.4) is 0 Å². The normalized spacial score (nSPS) is 14.1. The summed E-state index contributed by atoms with van der Waals surface area (Å²) < 4.78 is 0. The van der Waals surface area contributed by atoms with Gasteiger partial charge in [0.1, 0.15) is 5.65 Å². The van der Waals surface area contributed by atoms with Crippen LogP contribution in [0.1, 0.15) is 18.1 Å².